The van der Waals surface area contributed by atoms with Crippen LogP contribution in [0.1, 0.15) is 40.5 Å². The molecule has 80 valence electrons. The molecule has 0 saturated heterocycles. The molecule has 0 amide bonds. The Morgan fingerprint density at radius 1 is 1.14 bits per heavy atom. The van der Waals surface area contributed by atoms with Crippen LogP contribution in [0.4, 0.5) is 0 Å². The van der Waals surface area contributed by atoms with Gasteiger partial charge in [0, 0.05) is 6.20 Å². The maximum absolute atomic E-state index is 5.79. The van der Waals surface area contributed by atoms with Crippen molar-refractivity contribution in [3.63, 3.8) is 0 Å². The summed E-state index contributed by atoms with van der Waals surface area (Å²) in [5.74, 6) is 0.414. The largest absolute Gasteiger partial charge is 0.396 e. The van der Waals surface area contributed by atoms with Gasteiger partial charge < -0.3 is 11.5 Å². The Hall–Kier alpha value is -1.25. The molecule has 0 fully saturated rings. The molecule has 0 atom stereocenters. The van der Waals surface area contributed by atoms with Crippen LogP contribution >= 0.6 is 0 Å². The van der Waals surface area contributed by atoms with Crippen molar-refractivity contribution in [2.45, 2.75) is 40.5 Å². The third kappa shape index (κ3) is 4.12. The molecule has 0 aliphatic heterocycles. The topological polar surface area (TPSA) is 64.4 Å². The van der Waals surface area contributed by atoms with Gasteiger partial charge in [-0.1, -0.05) is 19.4 Å². The fourth-order valence-electron chi connectivity index (χ4n) is 0.750. The molecule has 3 heteroatoms. The Balaban J connectivity index is 4.70. The number of nitrogens with zero attached hydrogens (tertiary/aromatic N) is 1. The molecule has 0 rings (SSSR count). The summed E-state index contributed by atoms with van der Waals surface area (Å²) in [6.45, 7) is 8.11. The van der Waals surface area contributed by atoms with Crippen molar-refractivity contribution >= 4 is 5.84 Å². The van der Waals surface area contributed by atoms with Gasteiger partial charge in [0.25, 0.3) is 0 Å². The standard InChI is InChI=1S/C11H21N3/c1-5-8(3)7-14-11(13)10(12)9(4)6-2/h7H,5-6,12H2,1-4H3,(H2,13,14)/b8-7+,10-9-. The van der Waals surface area contributed by atoms with Crippen molar-refractivity contribution in [2.24, 2.45) is 16.5 Å². The number of rotatable bonds is 4. The Morgan fingerprint density at radius 2 is 1.71 bits per heavy atom. The minimum absolute atomic E-state index is 0.414. The van der Waals surface area contributed by atoms with Gasteiger partial charge in [-0.05, 0) is 32.3 Å². The van der Waals surface area contributed by atoms with Gasteiger partial charge in [-0.2, -0.15) is 0 Å². The Bertz CT molecular complexity index is 272. The molecule has 0 aliphatic carbocycles. The predicted molar refractivity (Wildman–Crippen MR) is 62.8 cm³/mol. The molecule has 4 N–H and O–H groups in total. The Kier molecular flexibility index (Phi) is 5.68. The molecule has 0 spiro atoms. The second-order valence-corrected chi connectivity index (χ2v) is 3.39. The van der Waals surface area contributed by atoms with Crippen LogP contribution < -0.4 is 11.5 Å². The van der Waals surface area contributed by atoms with Crippen LogP contribution in [-0.4, -0.2) is 5.84 Å². The van der Waals surface area contributed by atoms with Gasteiger partial charge in [0.05, 0.1) is 5.70 Å². The van der Waals surface area contributed by atoms with Gasteiger partial charge in [0.15, 0.2) is 0 Å². The maximum Gasteiger partial charge on any atom is 0.146 e. The summed E-state index contributed by atoms with van der Waals surface area (Å²) >= 11 is 0. The van der Waals surface area contributed by atoms with Crippen LogP contribution in [-0.2, 0) is 0 Å². The summed E-state index contributed by atoms with van der Waals surface area (Å²) in [4.78, 5) is 4.11. The van der Waals surface area contributed by atoms with E-state index in [1.165, 1.54) is 5.57 Å². The van der Waals surface area contributed by atoms with E-state index in [4.69, 9.17) is 11.5 Å². The first-order chi connectivity index (χ1) is 6.52. The lowest BCUT2D eigenvalue weighted by Crippen LogP contribution is -2.22. The number of hydrogen-bond acceptors (Lipinski definition) is 2. The minimum Gasteiger partial charge on any atom is -0.396 e. The monoisotopic (exact) mass is 195 g/mol. The van der Waals surface area contributed by atoms with Crippen LogP contribution in [0.5, 0.6) is 0 Å². The molecule has 0 aromatic rings. The smallest absolute Gasteiger partial charge is 0.146 e. The average molecular weight is 195 g/mol. The van der Waals surface area contributed by atoms with Crippen molar-refractivity contribution in [1.29, 1.82) is 0 Å². The zero-order valence-corrected chi connectivity index (χ0v) is 9.59. The summed E-state index contributed by atoms with van der Waals surface area (Å²) < 4.78 is 0. The molecule has 14 heavy (non-hydrogen) atoms. The first kappa shape index (κ1) is 12.8. The molecular weight excluding hydrogens is 174 g/mol. The fraction of sp³-hybridized carbons (Fsp3) is 0.545. The van der Waals surface area contributed by atoms with Crippen LogP contribution in [0.3, 0.4) is 0 Å². The van der Waals surface area contributed by atoms with E-state index in [-0.39, 0.29) is 0 Å². The van der Waals surface area contributed by atoms with Crippen molar-refractivity contribution < 1.29 is 0 Å². The Labute approximate surface area is 86.6 Å². The zero-order chi connectivity index (χ0) is 11.1. The van der Waals surface area contributed by atoms with Gasteiger partial charge in [0.1, 0.15) is 5.84 Å². The predicted octanol–water partition coefficient (Wildman–Crippen LogP) is 2.30. The molecule has 3 nitrogen and oxygen atoms in total. The van der Waals surface area contributed by atoms with E-state index in [1.54, 1.807) is 6.20 Å². The number of nitrogens with two attached hydrogens (primary N) is 2. The highest BCUT2D eigenvalue weighted by Crippen LogP contribution is 2.04. The second kappa shape index (κ2) is 6.24. The fourth-order valence-corrected chi connectivity index (χ4v) is 0.750. The van der Waals surface area contributed by atoms with Crippen molar-refractivity contribution in [2.75, 3.05) is 0 Å². The molecule has 0 aliphatic rings. The highest BCUT2D eigenvalue weighted by Gasteiger charge is 1.99. The lowest BCUT2D eigenvalue weighted by molar-refractivity contribution is 1.06. The summed E-state index contributed by atoms with van der Waals surface area (Å²) in [6, 6.07) is 0. The van der Waals surface area contributed by atoms with E-state index in [9.17, 15) is 0 Å². The molecule has 0 unspecified atom stereocenters. The summed E-state index contributed by atoms with van der Waals surface area (Å²) in [5, 5.41) is 0. The average Bonchev–Trinajstić information content (AvgIpc) is 2.22. The highest BCUT2D eigenvalue weighted by molar-refractivity contribution is 5.97. The minimum atomic E-state index is 0.414. The van der Waals surface area contributed by atoms with E-state index >= 15 is 0 Å². The van der Waals surface area contributed by atoms with Gasteiger partial charge in [0.2, 0.25) is 0 Å². The molecule has 0 bridgehead atoms. The molecule has 0 aromatic carbocycles. The molecule has 0 radical (unpaired) electrons. The SMILES string of the molecule is CC/C(C)=C(N)/C(N)=N/C=C(\C)CC. The van der Waals surface area contributed by atoms with Gasteiger partial charge in [-0.15, -0.1) is 0 Å². The quantitative estimate of drug-likeness (QED) is 0.534. The highest BCUT2D eigenvalue weighted by atomic mass is 14.9. The molecular formula is C11H21N3. The van der Waals surface area contributed by atoms with Crippen LogP contribution in [0.2, 0.25) is 0 Å². The first-order valence-corrected chi connectivity index (χ1v) is 4.97. The van der Waals surface area contributed by atoms with Crippen molar-refractivity contribution in [1.82, 2.24) is 0 Å². The van der Waals surface area contributed by atoms with E-state index < -0.39 is 0 Å². The van der Waals surface area contributed by atoms with Gasteiger partial charge in [-0.25, -0.2) is 4.99 Å². The second-order valence-electron chi connectivity index (χ2n) is 3.39. The van der Waals surface area contributed by atoms with E-state index in [2.05, 4.69) is 11.9 Å². The first-order valence-electron chi connectivity index (χ1n) is 4.97. The third-order valence-electron chi connectivity index (χ3n) is 2.25. The number of allylic oxidation sites excluding steroid dienone is 2. The van der Waals surface area contributed by atoms with E-state index in [1.807, 2.05) is 20.8 Å². The summed E-state index contributed by atoms with van der Waals surface area (Å²) in [7, 11) is 0. The summed E-state index contributed by atoms with van der Waals surface area (Å²) in [5.41, 5.74) is 14.4. The van der Waals surface area contributed by atoms with E-state index in [0.717, 1.165) is 18.4 Å². The number of amidine groups is 1. The molecule has 0 aromatic heterocycles. The van der Waals surface area contributed by atoms with Crippen molar-refractivity contribution in [3.8, 4) is 0 Å². The van der Waals surface area contributed by atoms with E-state index in [0.29, 0.717) is 11.5 Å². The molecule has 0 saturated carbocycles. The molecule has 0 heterocycles. The van der Waals surface area contributed by atoms with Crippen LogP contribution in [0, 0.1) is 0 Å². The number of hydrogen-bond donors (Lipinski definition) is 2. The van der Waals surface area contributed by atoms with Gasteiger partial charge in [-0.3, -0.25) is 0 Å². The zero-order valence-electron chi connectivity index (χ0n) is 9.59. The van der Waals surface area contributed by atoms with Gasteiger partial charge >= 0.3 is 0 Å². The summed E-state index contributed by atoms with van der Waals surface area (Å²) in [6.07, 6.45) is 3.65. The van der Waals surface area contributed by atoms with Crippen LogP contribution in [0.25, 0.3) is 0 Å². The third-order valence-corrected chi connectivity index (χ3v) is 2.25. The lowest BCUT2D eigenvalue weighted by Gasteiger charge is -2.03. The van der Waals surface area contributed by atoms with Crippen LogP contribution in [0.15, 0.2) is 28.0 Å². The Morgan fingerprint density at radius 3 is 2.14 bits per heavy atom. The lowest BCUT2D eigenvalue weighted by atomic mass is 10.2. The van der Waals surface area contributed by atoms with Crippen molar-refractivity contribution in [3.05, 3.63) is 23.0 Å². The normalized spacial score (nSPS) is 15.4. The maximum atomic E-state index is 5.79. The number of aliphatic imine (C=N–C) groups is 1.